The van der Waals surface area contributed by atoms with Crippen molar-refractivity contribution in [1.82, 2.24) is 10.2 Å². The molecule has 0 unspecified atom stereocenters. The van der Waals surface area contributed by atoms with Crippen LogP contribution in [0.15, 0.2) is 84.4 Å². The standard InChI is InChI=1S/C31H33N3O4/c1-4-6-19-34-28(22-14-8-7-9-15-22)26(30(36)38-5-2)27(33-31(34)37)23-16-12-17-24(20-23)32-29(35)25-18-11-10-13-21(25)3/h7-18,20,27H,4-6,19H2,1-3H3,(H,32,35)(H,33,37)/t27-/m1/s1. The molecule has 196 valence electrons. The van der Waals surface area contributed by atoms with Crippen LogP contribution in [-0.4, -0.2) is 36.0 Å². The number of amides is 3. The van der Waals surface area contributed by atoms with E-state index in [1.807, 2.05) is 61.5 Å². The Bertz CT molecular complexity index is 1350. The Balaban J connectivity index is 1.79. The summed E-state index contributed by atoms with van der Waals surface area (Å²) < 4.78 is 5.49. The molecule has 38 heavy (non-hydrogen) atoms. The smallest absolute Gasteiger partial charge is 0.338 e. The first-order valence-electron chi connectivity index (χ1n) is 13.0. The Morgan fingerprint density at radius 3 is 2.42 bits per heavy atom. The van der Waals surface area contributed by atoms with Crippen LogP contribution < -0.4 is 10.6 Å². The van der Waals surface area contributed by atoms with E-state index >= 15 is 0 Å². The molecule has 3 aromatic carbocycles. The maximum absolute atomic E-state index is 13.4. The molecule has 0 fully saturated rings. The van der Waals surface area contributed by atoms with Gasteiger partial charge in [-0.1, -0.05) is 74.0 Å². The van der Waals surface area contributed by atoms with Gasteiger partial charge in [0.1, 0.15) is 0 Å². The molecule has 0 saturated carbocycles. The zero-order valence-corrected chi connectivity index (χ0v) is 22.0. The second-order valence-electron chi connectivity index (χ2n) is 9.13. The van der Waals surface area contributed by atoms with Gasteiger partial charge in [-0.3, -0.25) is 9.69 Å². The van der Waals surface area contributed by atoms with Crippen molar-refractivity contribution in [2.75, 3.05) is 18.5 Å². The van der Waals surface area contributed by atoms with Crippen LogP contribution in [0.5, 0.6) is 0 Å². The predicted octanol–water partition coefficient (Wildman–Crippen LogP) is 6.09. The molecule has 0 aliphatic carbocycles. The van der Waals surface area contributed by atoms with E-state index < -0.39 is 12.0 Å². The molecule has 4 rings (SSSR count). The number of esters is 1. The zero-order chi connectivity index (χ0) is 27.1. The van der Waals surface area contributed by atoms with Gasteiger partial charge in [0.25, 0.3) is 5.91 Å². The summed E-state index contributed by atoms with van der Waals surface area (Å²) in [6.45, 7) is 6.36. The van der Waals surface area contributed by atoms with Gasteiger partial charge in [0, 0.05) is 17.8 Å². The highest BCUT2D eigenvalue weighted by Gasteiger charge is 2.38. The summed E-state index contributed by atoms with van der Waals surface area (Å²) in [7, 11) is 0. The largest absolute Gasteiger partial charge is 0.463 e. The molecule has 3 aromatic rings. The average Bonchev–Trinajstić information content (AvgIpc) is 2.92. The highest BCUT2D eigenvalue weighted by Crippen LogP contribution is 2.37. The number of carbonyl (C=O) groups excluding carboxylic acids is 3. The Morgan fingerprint density at radius 2 is 1.71 bits per heavy atom. The lowest BCUT2D eigenvalue weighted by Crippen LogP contribution is -2.48. The van der Waals surface area contributed by atoms with Crippen LogP contribution in [0.3, 0.4) is 0 Å². The van der Waals surface area contributed by atoms with E-state index in [9.17, 15) is 14.4 Å². The quantitative estimate of drug-likeness (QED) is 0.341. The topological polar surface area (TPSA) is 87.7 Å². The minimum atomic E-state index is -0.759. The molecular weight excluding hydrogens is 478 g/mol. The SMILES string of the molecule is CCCCN1C(=O)N[C@H](c2cccc(NC(=O)c3ccccc3C)c2)C(C(=O)OCC)=C1c1ccccc1. The highest BCUT2D eigenvalue weighted by atomic mass is 16.5. The van der Waals surface area contributed by atoms with Gasteiger partial charge < -0.3 is 15.4 Å². The average molecular weight is 512 g/mol. The third-order valence-electron chi connectivity index (χ3n) is 6.47. The summed E-state index contributed by atoms with van der Waals surface area (Å²) in [5.41, 5.74) is 4.32. The van der Waals surface area contributed by atoms with Crippen molar-refractivity contribution in [2.45, 2.75) is 39.7 Å². The second kappa shape index (κ2) is 12.2. The molecule has 0 spiro atoms. The van der Waals surface area contributed by atoms with Gasteiger partial charge in [0.2, 0.25) is 0 Å². The normalized spacial score (nSPS) is 15.2. The molecule has 1 aliphatic rings. The Hall–Kier alpha value is -4.39. The summed E-state index contributed by atoms with van der Waals surface area (Å²) in [4.78, 5) is 41.5. The van der Waals surface area contributed by atoms with E-state index in [1.165, 1.54) is 0 Å². The van der Waals surface area contributed by atoms with E-state index in [0.29, 0.717) is 34.6 Å². The Morgan fingerprint density at radius 1 is 0.974 bits per heavy atom. The van der Waals surface area contributed by atoms with Crippen LogP contribution in [0.1, 0.15) is 59.8 Å². The third-order valence-corrected chi connectivity index (χ3v) is 6.47. The molecule has 1 heterocycles. The number of nitrogens with one attached hydrogen (secondary N) is 2. The van der Waals surface area contributed by atoms with Crippen molar-refractivity contribution in [2.24, 2.45) is 0 Å². The van der Waals surface area contributed by atoms with Crippen LogP contribution in [-0.2, 0) is 9.53 Å². The fourth-order valence-electron chi connectivity index (χ4n) is 4.59. The van der Waals surface area contributed by atoms with E-state index in [-0.39, 0.29) is 18.5 Å². The summed E-state index contributed by atoms with van der Waals surface area (Å²) in [6, 6.07) is 22.9. The van der Waals surface area contributed by atoms with Gasteiger partial charge in [0.15, 0.2) is 0 Å². The number of urea groups is 1. The number of hydrogen-bond donors (Lipinski definition) is 2. The molecule has 3 amide bonds. The number of unbranched alkanes of at least 4 members (excludes halogenated alkanes) is 1. The lowest BCUT2D eigenvalue weighted by Gasteiger charge is -2.37. The lowest BCUT2D eigenvalue weighted by molar-refractivity contribution is -0.138. The monoisotopic (exact) mass is 511 g/mol. The first-order chi connectivity index (χ1) is 18.4. The van der Waals surface area contributed by atoms with Crippen molar-refractivity contribution in [1.29, 1.82) is 0 Å². The van der Waals surface area contributed by atoms with Crippen LogP contribution in [0.4, 0.5) is 10.5 Å². The number of hydrogen-bond acceptors (Lipinski definition) is 4. The second-order valence-corrected chi connectivity index (χ2v) is 9.13. The van der Waals surface area contributed by atoms with Gasteiger partial charge in [-0.15, -0.1) is 0 Å². The first-order valence-corrected chi connectivity index (χ1v) is 13.0. The Kier molecular flexibility index (Phi) is 8.58. The van der Waals surface area contributed by atoms with Crippen molar-refractivity contribution in [3.63, 3.8) is 0 Å². The van der Waals surface area contributed by atoms with Crippen LogP contribution in [0.25, 0.3) is 5.70 Å². The molecule has 1 aliphatic heterocycles. The maximum Gasteiger partial charge on any atom is 0.338 e. The molecule has 0 bridgehead atoms. The van der Waals surface area contributed by atoms with Crippen LogP contribution >= 0.6 is 0 Å². The Labute approximate surface area is 223 Å². The van der Waals surface area contributed by atoms with Gasteiger partial charge in [0.05, 0.1) is 23.9 Å². The lowest BCUT2D eigenvalue weighted by atomic mass is 9.91. The molecule has 2 N–H and O–H groups in total. The number of carbonyl (C=O) groups is 3. The van der Waals surface area contributed by atoms with Gasteiger partial charge in [-0.05, 0) is 55.2 Å². The van der Waals surface area contributed by atoms with E-state index in [2.05, 4.69) is 17.6 Å². The van der Waals surface area contributed by atoms with E-state index in [0.717, 1.165) is 24.0 Å². The fourth-order valence-corrected chi connectivity index (χ4v) is 4.59. The van der Waals surface area contributed by atoms with Crippen LogP contribution in [0, 0.1) is 6.92 Å². The minimum absolute atomic E-state index is 0.201. The van der Waals surface area contributed by atoms with Crippen molar-refractivity contribution in [3.05, 3.63) is 107 Å². The summed E-state index contributed by atoms with van der Waals surface area (Å²) in [5.74, 6) is -0.725. The van der Waals surface area contributed by atoms with E-state index in [1.54, 1.807) is 36.1 Å². The van der Waals surface area contributed by atoms with Gasteiger partial charge in [-0.25, -0.2) is 9.59 Å². The molecule has 1 atom stereocenters. The number of benzene rings is 3. The fraction of sp³-hybridized carbons (Fsp3) is 0.258. The van der Waals surface area contributed by atoms with Crippen molar-refractivity contribution < 1.29 is 19.1 Å². The zero-order valence-electron chi connectivity index (χ0n) is 22.0. The number of ether oxygens (including phenoxy) is 1. The number of anilines is 1. The molecule has 7 heteroatoms. The first kappa shape index (κ1) is 26.7. The van der Waals surface area contributed by atoms with Crippen molar-refractivity contribution in [3.8, 4) is 0 Å². The number of nitrogens with zero attached hydrogens (tertiary/aromatic N) is 1. The molecule has 7 nitrogen and oxygen atoms in total. The van der Waals surface area contributed by atoms with Crippen molar-refractivity contribution >= 4 is 29.3 Å². The third kappa shape index (κ3) is 5.78. The molecular formula is C31H33N3O4. The summed E-state index contributed by atoms with van der Waals surface area (Å²) >= 11 is 0. The highest BCUT2D eigenvalue weighted by molar-refractivity contribution is 6.06. The molecule has 0 radical (unpaired) electrons. The van der Waals surface area contributed by atoms with Gasteiger partial charge in [-0.2, -0.15) is 0 Å². The summed E-state index contributed by atoms with van der Waals surface area (Å²) in [6.07, 6.45) is 1.68. The van der Waals surface area contributed by atoms with Crippen LogP contribution in [0.2, 0.25) is 0 Å². The van der Waals surface area contributed by atoms with Gasteiger partial charge >= 0.3 is 12.0 Å². The van der Waals surface area contributed by atoms with E-state index in [4.69, 9.17) is 4.74 Å². The number of aryl methyl sites for hydroxylation is 1. The molecule has 0 saturated heterocycles. The predicted molar refractivity (Wildman–Crippen MR) is 148 cm³/mol. The number of rotatable bonds is 9. The minimum Gasteiger partial charge on any atom is -0.463 e. The molecule has 0 aromatic heterocycles. The summed E-state index contributed by atoms with van der Waals surface area (Å²) in [5, 5.41) is 5.96. The maximum atomic E-state index is 13.4.